The van der Waals surface area contributed by atoms with Crippen molar-refractivity contribution in [3.05, 3.63) is 33.9 Å². The fraction of sp³-hybridized carbons (Fsp3) is 0.364. The van der Waals surface area contributed by atoms with Crippen molar-refractivity contribution < 1.29 is 18.5 Å². The van der Waals surface area contributed by atoms with Gasteiger partial charge in [-0.05, 0) is 12.6 Å². The molecule has 0 saturated heterocycles. The van der Waals surface area contributed by atoms with Gasteiger partial charge in [0.1, 0.15) is 0 Å². The van der Waals surface area contributed by atoms with Crippen LogP contribution in [0.3, 0.4) is 0 Å². The Balaban J connectivity index is 2.89. The van der Waals surface area contributed by atoms with Crippen LogP contribution < -0.4 is 10.6 Å². The van der Waals surface area contributed by atoms with Gasteiger partial charge in [0.15, 0.2) is 17.3 Å². The second-order valence-corrected chi connectivity index (χ2v) is 3.66. The summed E-state index contributed by atoms with van der Waals surface area (Å²) < 4.78 is 26.5. The van der Waals surface area contributed by atoms with Crippen LogP contribution in [-0.2, 0) is 4.79 Å². The van der Waals surface area contributed by atoms with Crippen molar-refractivity contribution in [2.75, 3.05) is 18.4 Å². The molecule has 0 aliphatic heterocycles. The lowest BCUT2D eigenvalue weighted by atomic mass is 10.2. The number of anilines is 1. The van der Waals surface area contributed by atoms with Gasteiger partial charge >= 0.3 is 0 Å². The molecule has 0 aromatic heterocycles. The van der Waals surface area contributed by atoms with Gasteiger partial charge in [0.2, 0.25) is 5.91 Å². The Morgan fingerprint density at radius 2 is 2.11 bits per heavy atom. The SMILES string of the molecule is CCNCCC(=O)Nc1c([N+](=O)[O-])ccc(F)c1F. The minimum absolute atomic E-state index is 0.000940. The first-order valence-corrected chi connectivity index (χ1v) is 5.60. The fourth-order valence-electron chi connectivity index (χ4n) is 1.39. The van der Waals surface area contributed by atoms with Gasteiger partial charge in [-0.1, -0.05) is 6.92 Å². The van der Waals surface area contributed by atoms with E-state index < -0.39 is 33.8 Å². The average Bonchev–Trinajstić information content (AvgIpc) is 2.35. The second kappa shape index (κ2) is 6.74. The lowest BCUT2D eigenvalue weighted by Crippen LogP contribution is -2.22. The van der Waals surface area contributed by atoms with Crippen LogP contribution in [0, 0.1) is 21.7 Å². The van der Waals surface area contributed by atoms with E-state index in [0.717, 1.165) is 6.07 Å². The fourth-order valence-corrected chi connectivity index (χ4v) is 1.39. The predicted octanol–water partition coefficient (Wildman–Crippen LogP) is 1.81. The molecule has 1 amide bonds. The van der Waals surface area contributed by atoms with Crippen molar-refractivity contribution in [1.29, 1.82) is 0 Å². The van der Waals surface area contributed by atoms with Gasteiger partial charge in [0, 0.05) is 19.0 Å². The highest BCUT2D eigenvalue weighted by atomic mass is 19.2. The molecule has 1 rings (SSSR count). The van der Waals surface area contributed by atoms with Crippen LogP contribution in [-0.4, -0.2) is 23.9 Å². The van der Waals surface area contributed by atoms with E-state index >= 15 is 0 Å². The Morgan fingerprint density at radius 1 is 1.42 bits per heavy atom. The van der Waals surface area contributed by atoms with Crippen molar-refractivity contribution in [2.24, 2.45) is 0 Å². The number of amides is 1. The molecule has 6 nitrogen and oxygen atoms in total. The van der Waals surface area contributed by atoms with E-state index in [1.54, 1.807) is 0 Å². The van der Waals surface area contributed by atoms with Gasteiger partial charge in [-0.3, -0.25) is 14.9 Å². The van der Waals surface area contributed by atoms with E-state index in [1.165, 1.54) is 0 Å². The summed E-state index contributed by atoms with van der Waals surface area (Å²) in [7, 11) is 0. The van der Waals surface area contributed by atoms with Crippen LogP contribution >= 0.6 is 0 Å². The molecular weight excluding hydrogens is 260 g/mol. The molecule has 104 valence electrons. The number of nitro groups is 1. The first kappa shape index (κ1) is 15.0. The average molecular weight is 273 g/mol. The number of hydrogen-bond acceptors (Lipinski definition) is 4. The van der Waals surface area contributed by atoms with E-state index in [2.05, 4.69) is 5.32 Å². The first-order chi connectivity index (χ1) is 8.97. The summed E-state index contributed by atoms with van der Waals surface area (Å²) in [6, 6.07) is 1.44. The molecular formula is C11H13F2N3O3. The molecule has 0 aliphatic rings. The summed E-state index contributed by atoms with van der Waals surface area (Å²) in [5, 5.41) is 15.6. The summed E-state index contributed by atoms with van der Waals surface area (Å²) in [5.41, 5.74) is -1.43. The third-order valence-electron chi connectivity index (χ3n) is 2.31. The van der Waals surface area contributed by atoms with E-state index in [1.807, 2.05) is 12.2 Å². The molecule has 0 bridgehead atoms. The molecule has 0 radical (unpaired) electrons. The lowest BCUT2D eigenvalue weighted by molar-refractivity contribution is -0.384. The Bertz CT molecular complexity index is 494. The predicted molar refractivity (Wildman–Crippen MR) is 64.8 cm³/mol. The molecule has 19 heavy (non-hydrogen) atoms. The highest BCUT2D eigenvalue weighted by molar-refractivity contribution is 5.93. The zero-order chi connectivity index (χ0) is 14.4. The molecule has 0 saturated carbocycles. The standard InChI is InChI=1S/C11H13F2N3O3/c1-2-14-6-5-9(17)15-11-8(16(18)19)4-3-7(12)10(11)13/h3-4,14H,2,5-6H2,1H3,(H,15,17). The van der Waals surface area contributed by atoms with Crippen molar-refractivity contribution in [2.45, 2.75) is 13.3 Å². The van der Waals surface area contributed by atoms with E-state index in [4.69, 9.17) is 0 Å². The number of rotatable bonds is 6. The third kappa shape index (κ3) is 3.95. The van der Waals surface area contributed by atoms with Crippen LogP contribution in [0.5, 0.6) is 0 Å². The topological polar surface area (TPSA) is 84.3 Å². The maximum Gasteiger partial charge on any atom is 0.296 e. The van der Waals surface area contributed by atoms with Gasteiger partial charge in [-0.15, -0.1) is 0 Å². The number of carbonyl (C=O) groups is 1. The summed E-state index contributed by atoms with van der Waals surface area (Å²) in [5.74, 6) is -3.33. The van der Waals surface area contributed by atoms with Crippen molar-refractivity contribution in [3.8, 4) is 0 Å². The molecule has 1 aromatic carbocycles. The summed E-state index contributed by atoms with van der Waals surface area (Å²) in [6.07, 6.45) is 0.000940. The quantitative estimate of drug-likeness (QED) is 0.470. The van der Waals surface area contributed by atoms with E-state index in [9.17, 15) is 23.7 Å². The Kier molecular flexibility index (Phi) is 5.31. The molecule has 0 aliphatic carbocycles. The maximum absolute atomic E-state index is 13.5. The first-order valence-electron chi connectivity index (χ1n) is 5.60. The van der Waals surface area contributed by atoms with Crippen LogP contribution in [0.15, 0.2) is 12.1 Å². The molecule has 0 spiro atoms. The number of nitrogens with zero attached hydrogens (tertiary/aromatic N) is 1. The normalized spacial score (nSPS) is 10.3. The van der Waals surface area contributed by atoms with Crippen LogP contribution in [0.1, 0.15) is 13.3 Å². The zero-order valence-electron chi connectivity index (χ0n) is 10.2. The highest BCUT2D eigenvalue weighted by Gasteiger charge is 2.23. The summed E-state index contributed by atoms with van der Waals surface area (Å²) >= 11 is 0. The van der Waals surface area contributed by atoms with Crippen LogP contribution in [0.4, 0.5) is 20.2 Å². The van der Waals surface area contributed by atoms with Gasteiger partial charge in [-0.25, -0.2) is 8.78 Å². The monoisotopic (exact) mass is 273 g/mol. The number of nitrogens with one attached hydrogen (secondary N) is 2. The third-order valence-corrected chi connectivity index (χ3v) is 2.31. The number of carbonyl (C=O) groups excluding carboxylic acids is 1. The van der Waals surface area contributed by atoms with Gasteiger partial charge in [0.05, 0.1) is 4.92 Å². The number of halogens is 2. The van der Waals surface area contributed by atoms with Crippen molar-refractivity contribution in [1.82, 2.24) is 5.32 Å². The van der Waals surface area contributed by atoms with E-state index in [0.29, 0.717) is 19.2 Å². The Labute approximate surface area is 108 Å². The smallest absolute Gasteiger partial charge is 0.296 e. The van der Waals surface area contributed by atoms with Crippen molar-refractivity contribution >= 4 is 17.3 Å². The number of hydrogen-bond donors (Lipinski definition) is 2. The number of nitro benzene ring substituents is 1. The van der Waals surface area contributed by atoms with Gasteiger partial charge in [-0.2, -0.15) is 0 Å². The summed E-state index contributed by atoms with van der Waals surface area (Å²) in [4.78, 5) is 21.3. The second-order valence-electron chi connectivity index (χ2n) is 3.66. The van der Waals surface area contributed by atoms with Crippen molar-refractivity contribution in [3.63, 3.8) is 0 Å². The Morgan fingerprint density at radius 3 is 2.68 bits per heavy atom. The lowest BCUT2D eigenvalue weighted by Gasteiger charge is -2.07. The van der Waals surface area contributed by atoms with Gasteiger partial charge in [0.25, 0.3) is 5.69 Å². The largest absolute Gasteiger partial charge is 0.318 e. The highest BCUT2D eigenvalue weighted by Crippen LogP contribution is 2.29. The molecule has 0 heterocycles. The molecule has 2 N–H and O–H groups in total. The Hall–Kier alpha value is -2.09. The number of benzene rings is 1. The minimum atomic E-state index is -1.44. The molecule has 0 unspecified atom stereocenters. The molecule has 0 atom stereocenters. The molecule has 8 heteroatoms. The molecule has 0 fully saturated rings. The maximum atomic E-state index is 13.5. The van der Waals surface area contributed by atoms with Crippen LogP contribution in [0.25, 0.3) is 0 Å². The van der Waals surface area contributed by atoms with Crippen LogP contribution in [0.2, 0.25) is 0 Å². The zero-order valence-corrected chi connectivity index (χ0v) is 10.2. The van der Waals surface area contributed by atoms with E-state index in [-0.39, 0.29) is 6.42 Å². The molecule has 1 aromatic rings. The summed E-state index contributed by atoms with van der Waals surface area (Å²) in [6.45, 7) is 2.84. The minimum Gasteiger partial charge on any atom is -0.318 e. The van der Waals surface area contributed by atoms with Gasteiger partial charge < -0.3 is 10.6 Å².